The molecule has 2 atom stereocenters. The van der Waals surface area contributed by atoms with Crippen molar-refractivity contribution in [1.29, 1.82) is 0 Å². The molecule has 1 N–H and O–H groups in total. The van der Waals surface area contributed by atoms with E-state index in [2.05, 4.69) is 19.2 Å². The van der Waals surface area contributed by atoms with Gasteiger partial charge in [0.2, 0.25) is 0 Å². The number of nitrogens with one attached hydrogen (secondary N) is 1. The van der Waals surface area contributed by atoms with Gasteiger partial charge in [0.05, 0.1) is 0 Å². The van der Waals surface area contributed by atoms with Crippen molar-refractivity contribution in [3.8, 4) is 0 Å². The summed E-state index contributed by atoms with van der Waals surface area (Å²) in [6, 6.07) is 6.24. The maximum absolute atomic E-state index is 13.1. The second-order valence-corrected chi connectivity index (χ2v) is 5.02. The minimum atomic E-state index is -0.119. The second kappa shape index (κ2) is 5.83. The van der Waals surface area contributed by atoms with Crippen molar-refractivity contribution in [2.45, 2.75) is 45.7 Å². The first-order valence-corrected chi connectivity index (χ1v) is 6.10. The van der Waals surface area contributed by atoms with Crippen molar-refractivity contribution in [3.63, 3.8) is 0 Å². The topological polar surface area (TPSA) is 12.0 Å². The van der Waals surface area contributed by atoms with Crippen molar-refractivity contribution in [2.75, 3.05) is 0 Å². The van der Waals surface area contributed by atoms with E-state index >= 15 is 0 Å². The van der Waals surface area contributed by atoms with Gasteiger partial charge < -0.3 is 5.32 Å². The van der Waals surface area contributed by atoms with Crippen LogP contribution in [0, 0.1) is 18.7 Å². The van der Waals surface area contributed by atoms with Gasteiger partial charge in [-0.05, 0) is 56.7 Å². The predicted octanol–water partition coefficient (Wildman–Crippen LogP) is 4.01. The first-order valence-electron chi connectivity index (χ1n) is 6.10. The Morgan fingerprint density at radius 2 is 1.94 bits per heavy atom. The quantitative estimate of drug-likeness (QED) is 0.860. The molecule has 1 fully saturated rings. The van der Waals surface area contributed by atoms with Crippen molar-refractivity contribution in [2.24, 2.45) is 5.92 Å². The fourth-order valence-electron chi connectivity index (χ4n) is 2.16. The summed E-state index contributed by atoms with van der Waals surface area (Å²) in [5, 5.41) is 3.58. The summed E-state index contributed by atoms with van der Waals surface area (Å²) in [4.78, 5) is 0. The van der Waals surface area contributed by atoms with Gasteiger partial charge in [-0.3, -0.25) is 0 Å². The van der Waals surface area contributed by atoms with Gasteiger partial charge in [0, 0.05) is 12.1 Å². The summed E-state index contributed by atoms with van der Waals surface area (Å²) < 4.78 is 13.1. The molecular weight excluding hydrogens is 237 g/mol. The molecule has 0 aliphatic heterocycles. The van der Waals surface area contributed by atoms with E-state index in [0.29, 0.717) is 12.1 Å². The number of halogens is 2. The normalized spacial score (nSPS) is 18.4. The van der Waals surface area contributed by atoms with Crippen molar-refractivity contribution in [1.82, 2.24) is 5.32 Å². The number of aryl methyl sites for hydroxylation is 1. The van der Waals surface area contributed by atoms with E-state index in [1.54, 1.807) is 6.07 Å². The largest absolute Gasteiger partial charge is 0.307 e. The average Bonchev–Trinajstić information content (AvgIpc) is 3.05. The van der Waals surface area contributed by atoms with Gasteiger partial charge in [0.1, 0.15) is 5.82 Å². The number of hydrogen-bond donors (Lipinski definition) is 1. The Hall–Kier alpha value is -0.600. The lowest BCUT2D eigenvalue weighted by Gasteiger charge is -2.20. The maximum Gasteiger partial charge on any atom is 0.126 e. The van der Waals surface area contributed by atoms with Crippen LogP contribution < -0.4 is 5.32 Å². The molecule has 96 valence electrons. The van der Waals surface area contributed by atoms with E-state index in [-0.39, 0.29) is 18.2 Å². The molecule has 0 bridgehead atoms. The lowest BCUT2D eigenvalue weighted by atomic mass is 10.0. The molecule has 2 rings (SSSR count). The summed E-state index contributed by atoms with van der Waals surface area (Å²) >= 11 is 0. The van der Waals surface area contributed by atoms with Crippen LogP contribution in [0.15, 0.2) is 18.2 Å². The number of rotatable bonds is 4. The Morgan fingerprint density at radius 1 is 1.29 bits per heavy atom. The first kappa shape index (κ1) is 14.5. The lowest BCUT2D eigenvalue weighted by Crippen LogP contribution is -2.30. The van der Waals surface area contributed by atoms with E-state index in [4.69, 9.17) is 0 Å². The third kappa shape index (κ3) is 3.68. The Bertz CT molecular complexity index is 376. The van der Waals surface area contributed by atoms with Crippen molar-refractivity contribution in [3.05, 3.63) is 35.1 Å². The Balaban J connectivity index is 0.00000144. The number of hydrogen-bond acceptors (Lipinski definition) is 1. The molecule has 2 unspecified atom stereocenters. The second-order valence-electron chi connectivity index (χ2n) is 5.02. The zero-order valence-corrected chi connectivity index (χ0v) is 11.5. The molecule has 3 heteroatoms. The van der Waals surface area contributed by atoms with E-state index in [1.165, 1.54) is 18.4 Å². The van der Waals surface area contributed by atoms with Gasteiger partial charge in [0.25, 0.3) is 0 Å². The van der Waals surface area contributed by atoms with Crippen LogP contribution in [0.5, 0.6) is 0 Å². The summed E-state index contributed by atoms with van der Waals surface area (Å²) in [5.74, 6) is 0.732. The van der Waals surface area contributed by atoms with Crippen LogP contribution in [0.25, 0.3) is 0 Å². The zero-order valence-electron chi connectivity index (χ0n) is 10.7. The molecular formula is C14H21ClFN. The van der Waals surface area contributed by atoms with Gasteiger partial charge in [-0.25, -0.2) is 4.39 Å². The van der Waals surface area contributed by atoms with E-state index in [1.807, 2.05) is 19.1 Å². The molecule has 0 saturated heterocycles. The highest BCUT2D eigenvalue weighted by atomic mass is 35.5. The summed E-state index contributed by atoms with van der Waals surface area (Å²) in [6.07, 6.45) is 2.70. The molecule has 1 aromatic rings. The molecule has 1 saturated carbocycles. The summed E-state index contributed by atoms with van der Waals surface area (Å²) in [5.41, 5.74) is 1.90. The smallest absolute Gasteiger partial charge is 0.126 e. The molecule has 0 heterocycles. The Labute approximate surface area is 109 Å². The van der Waals surface area contributed by atoms with E-state index in [9.17, 15) is 4.39 Å². The van der Waals surface area contributed by atoms with Crippen LogP contribution in [-0.4, -0.2) is 6.04 Å². The molecule has 17 heavy (non-hydrogen) atoms. The van der Waals surface area contributed by atoms with Crippen molar-refractivity contribution < 1.29 is 4.39 Å². The first-order chi connectivity index (χ1) is 7.58. The van der Waals surface area contributed by atoms with Gasteiger partial charge in [-0.15, -0.1) is 12.4 Å². The van der Waals surface area contributed by atoms with Crippen LogP contribution in [0.2, 0.25) is 0 Å². The molecule has 0 radical (unpaired) electrons. The SMILES string of the molecule is Cc1cc(C(C)NC(C)C2CC2)ccc1F.Cl. The Morgan fingerprint density at radius 3 is 2.47 bits per heavy atom. The molecule has 1 aliphatic carbocycles. The van der Waals surface area contributed by atoms with Gasteiger partial charge in [-0.2, -0.15) is 0 Å². The fraction of sp³-hybridized carbons (Fsp3) is 0.571. The minimum absolute atomic E-state index is 0. The third-order valence-electron chi connectivity index (χ3n) is 3.52. The fourth-order valence-corrected chi connectivity index (χ4v) is 2.16. The van der Waals surface area contributed by atoms with Gasteiger partial charge in [0.15, 0.2) is 0 Å². The molecule has 0 amide bonds. The van der Waals surface area contributed by atoms with Crippen molar-refractivity contribution >= 4 is 12.4 Å². The Kier molecular flexibility index (Phi) is 4.96. The highest BCUT2D eigenvalue weighted by molar-refractivity contribution is 5.85. The third-order valence-corrected chi connectivity index (χ3v) is 3.52. The van der Waals surface area contributed by atoms with Crippen LogP contribution in [0.4, 0.5) is 4.39 Å². The van der Waals surface area contributed by atoms with E-state index in [0.717, 1.165) is 11.5 Å². The molecule has 0 spiro atoms. The molecule has 0 aromatic heterocycles. The van der Waals surface area contributed by atoms with Gasteiger partial charge >= 0.3 is 0 Å². The lowest BCUT2D eigenvalue weighted by molar-refractivity contribution is 0.441. The monoisotopic (exact) mass is 257 g/mol. The van der Waals surface area contributed by atoms with Crippen LogP contribution >= 0.6 is 12.4 Å². The van der Waals surface area contributed by atoms with Crippen LogP contribution in [0.1, 0.15) is 43.9 Å². The maximum atomic E-state index is 13.1. The summed E-state index contributed by atoms with van der Waals surface area (Å²) in [7, 11) is 0. The highest BCUT2D eigenvalue weighted by Crippen LogP contribution is 2.33. The van der Waals surface area contributed by atoms with E-state index < -0.39 is 0 Å². The summed E-state index contributed by atoms with van der Waals surface area (Å²) in [6.45, 7) is 6.20. The van der Waals surface area contributed by atoms with Gasteiger partial charge in [-0.1, -0.05) is 12.1 Å². The van der Waals surface area contributed by atoms with Crippen LogP contribution in [0.3, 0.4) is 0 Å². The minimum Gasteiger partial charge on any atom is -0.307 e. The standard InChI is InChI=1S/C14H20FN.ClH/c1-9-8-13(6-7-14(9)15)11(3)16-10(2)12-4-5-12;/h6-8,10-12,16H,4-5H2,1-3H3;1H. The molecule has 1 aliphatic rings. The molecule has 1 nitrogen and oxygen atoms in total. The zero-order chi connectivity index (χ0) is 11.7. The highest BCUT2D eigenvalue weighted by Gasteiger charge is 2.28. The number of benzene rings is 1. The average molecular weight is 258 g/mol. The van der Waals surface area contributed by atoms with Crippen LogP contribution in [-0.2, 0) is 0 Å². The molecule has 1 aromatic carbocycles. The predicted molar refractivity (Wildman–Crippen MR) is 72.1 cm³/mol.